The summed E-state index contributed by atoms with van der Waals surface area (Å²) in [6.07, 6.45) is 4.05. The first-order valence-corrected chi connectivity index (χ1v) is 12.4. The van der Waals surface area contributed by atoms with Crippen molar-refractivity contribution in [3.63, 3.8) is 0 Å². The number of piperidine rings is 1. The third kappa shape index (κ3) is 5.30. The molecule has 1 aromatic carbocycles. The first-order valence-electron chi connectivity index (χ1n) is 8.89. The third-order valence-electron chi connectivity index (χ3n) is 4.74. The van der Waals surface area contributed by atoms with Gasteiger partial charge in [0.05, 0.1) is 5.75 Å². The molecule has 152 valence electrons. The number of hydrogen-bond donors (Lipinski definition) is 1. The van der Waals surface area contributed by atoms with Gasteiger partial charge in [0.1, 0.15) is 4.90 Å². The maximum Gasteiger partial charge on any atom is 0.244 e. The van der Waals surface area contributed by atoms with Crippen LogP contribution < -0.4 is 4.72 Å². The number of sulfonamides is 2. The van der Waals surface area contributed by atoms with E-state index >= 15 is 0 Å². The van der Waals surface area contributed by atoms with Gasteiger partial charge in [-0.1, -0.05) is 29.8 Å². The number of halogens is 1. The molecule has 0 radical (unpaired) electrons. The van der Waals surface area contributed by atoms with Gasteiger partial charge in [-0.15, -0.1) is 0 Å². The van der Waals surface area contributed by atoms with Crippen molar-refractivity contribution in [1.82, 2.24) is 14.0 Å². The largest absolute Gasteiger partial charge is 0.263 e. The van der Waals surface area contributed by atoms with Crippen LogP contribution in [-0.2, 0) is 25.8 Å². The molecule has 1 saturated heterocycles. The van der Waals surface area contributed by atoms with Crippen molar-refractivity contribution in [2.24, 2.45) is 5.92 Å². The Morgan fingerprint density at radius 1 is 1.07 bits per heavy atom. The number of aromatic nitrogens is 1. The molecule has 0 saturated carbocycles. The molecule has 10 heteroatoms. The van der Waals surface area contributed by atoms with E-state index in [1.54, 1.807) is 30.3 Å². The molecular formula is C18H22ClN3O4S2. The standard InChI is InChI=1S/C18H22ClN3O4S2/c19-18-6-2-1-4-16(18)14-27(23,24)21-12-15-7-10-22(11-8-15)28(25,26)17-5-3-9-20-13-17/h1-6,9,13,15,21H,7-8,10-12,14H2. The molecular weight excluding hydrogens is 422 g/mol. The normalized spacial score (nSPS) is 16.9. The number of benzene rings is 1. The first-order chi connectivity index (χ1) is 13.3. The van der Waals surface area contributed by atoms with Crippen LogP contribution in [0.25, 0.3) is 0 Å². The summed E-state index contributed by atoms with van der Waals surface area (Å²) in [5, 5.41) is 0.418. The first kappa shape index (κ1) is 21.2. The second-order valence-electron chi connectivity index (χ2n) is 6.74. The molecule has 3 rings (SSSR count). The lowest BCUT2D eigenvalue weighted by atomic mass is 9.99. The molecule has 0 spiro atoms. The van der Waals surface area contributed by atoms with Gasteiger partial charge in [-0.2, -0.15) is 4.31 Å². The summed E-state index contributed by atoms with van der Waals surface area (Å²) in [4.78, 5) is 4.04. The minimum absolute atomic E-state index is 0.0846. The van der Waals surface area contributed by atoms with Gasteiger partial charge in [0.15, 0.2) is 0 Å². The number of hydrogen-bond acceptors (Lipinski definition) is 5. The van der Waals surface area contributed by atoms with Gasteiger partial charge in [0.2, 0.25) is 20.0 Å². The van der Waals surface area contributed by atoms with E-state index < -0.39 is 20.0 Å². The van der Waals surface area contributed by atoms with E-state index in [9.17, 15) is 16.8 Å². The molecule has 28 heavy (non-hydrogen) atoms. The second kappa shape index (κ2) is 8.87. The number of pyridine rings is 1. The van der Waals surface area contributed by atoms with Crippen LogP contribution in [0.4, 0.5) is 0 Å². The maximum absolute atomic E-state index is 12.6. The molecule has 1 aliphatic heterocycles. The van der Waals surface area contributed by atoms with Gasteiger partial charge in [-0.05, 0) is 42.5 Å². The number of nitrogens with zero attached hydrogens (tertiary/aromatic N) is 2. The zero-order valence-electron chi connectivity index (χ0n) is 15.2. The molecule has 1 aromatic heterocycles. The van der Waals surface area contributed by atoms with E-state index in [-0.39, 0.29) is 23.1 Å². The zero-order valence-corrected chi connectivity index (χ0v) is 17.5. The maximum atomic E-state index is 12.6. The van der Waals surface area contributed by atoms with Crippen molar-refractivity contribution >= 4 is 31.6 Å². The molecule has 1 N–H and O–H groups in total. The topological polar surface area (TPSA) is 96.4 Å². The lowest BCUT2D eigenvalue weighted by Gasteiger charge is -2.31. The van der Waals surface area contributed by atoms with Gasteiger partial charge in [0.25, 0.3) is 0 Å². The Morgan fingerprint density at radius 3 is 2.43 bits per heavy atom. The monoisotopic (exact) mass is 443 g/mol. The van der Waals surface area contributed by atoms with E-state index in [0.29, 0.717) is 36.5 Å². The molecule has 2 heterocycles. The Hall–Kier alpha value is -1.52. The second-order valence-corrected chi connectivity index (χ2v) is 10.9. The quantitative estimate of drug-likeness (QED) is 0.707. The molecule has 0 aliphatic carbocycles. The highest BCUT2D eigenvalue weighted by molar-refractivity contribution is 7.89. The van der Waals surface area contributed by atoms with Crippen LogP contribution in [0.5, 0.6) is 0 Å². The van der Waals surface area contributed by atoms with Gasteiger partial charge in [-0.3, -0.25) is 4.98 Å². The van der Waals surface area contributed by atoms with Crippen LogP contribution >= 0.6 is 11.6 Å². The minimum Gasteiger partial charge on any atom is -0.263 e. The highest BCUT2D eigenvalue weighted by Gasteiger charge is 2.30. The Labute approximate surface area is 170 Å². The van der Waals surface area contributed by atoms with Crippen LogP contribution in [0.1, 0.15) is 18.4 Å². The predicted octanol–water partition coefficient (Wildman–Crippen LogP) is 2.26. The highest BCUT2D eigenvalue weighted by Crippen LogP contribution is 2.23. The van der Waals surface area contributed by atoms with Gasteiger partial charge in [-0.25, -0.2) is 21.6 Å². The summed E-state index contributed by atoms with van der Waals surface area (Å²) >= 11 is 6.03. The van der Waals surface area contributed by atoms with Gasteiger partial charge >= 0.3 is 0 Å². The Kier molecular flexibility index (Phi) is 6.72. The third-order valence-corrected chi connectivity index (χ3v) is 8.29. The summed E-state index contributed by atoms with van der Waals surface area (Å²) in [5.41, 5.74) is 0.550. The Morgan fingerprint density at radius 2 is 1.79 bits per heavy atom. The molecule has 1 fully saturated rings. The smallest absolute Gasteiger partial charge is 0.244 e. The van der Waals surface area contributed by atoms with E-state index in [4.69, 9.17) is 11.6 Å². The molecule has 0 unspecified atom stereocenters. The zero-order chi connectivity index (χ0) is 20.2. The van der Waals surface area contributed by atoms with Crippen LogP contribution in [0.3, 0.4) is 0 Å². The van der Waals surface area contributed by atoms with Crippen LogP contribution in [-0.4, -0.2) is 45.8 Å². The van der Waals surface area contributed by atoms with Crippen molar-refractivity contribution in [1.29, 1.82) is 0 Å². The van der Waals surface area contributed by atoms with Crippen molar-refractivity contribution < 1.29 is 16.8 Å². The molecule has 2 aromatic rings. The lowest BCUT2D eigenvalue weighted by Crippen LogP contribution is -2.41. The van der Waals surface area contributed by atoms with Crippen molar-refractivity contribution in [3.05, 3.63) is 59.4 Å². The van der Waals surface area contributed by atoms with E-state index in [1.807, 2.05) is 0 Å². The lowest BCUT2D eigenvalue weighted by molar-refractivity contribution is 0.274. The van der Waals surface area contributed by atoms with Gasteiger partial charge < -0.3 is 0 Å². The predicted molar refractivity (Wildman–Crippen MR) is 108 cm³/mol. The summed E-state index contributed by atoms with van der Waals surface area (Å²) in [6, 6.07) is 9.95. The van der Waals surface area contributed by atoms with E-state index in [0.717, 1.165) is 0 Å². The SMILES string of the molecule is O=S(=O)(Cc1ccccc1Cl)NCC1CCN(S(=O)(=O)c2cccnc2)CC1. The molecule has 0 amide bonds. The van der Waals surface area contributed by atoms with Crippen molar-refractivity contribution in [2.75, 3.05) is 19.6 Å². The average molecular weight is 444 g/mol. The summed E-state index contributed by atoms with van der Waals surface area (Å²) in [6.45, 7) is 0.996. The Bertz CT molecular complexity index is 1010. The van der Waals surface area contributed by atoms with Crippen molar-refractivity contribution in [3.8, 4) is 0 Å². The molecule has 0 bridgehead atoms. The summed E-state index contributed by atoms with van der Waals surface area (Å²) in [7, 11) is -7.07. The number of nitrogens with one attached hydrogen (secondary N) is 1. The fourth-order valence-corrected chi connectivity index (χ4v) is 6.09. The van der Waals surface area contributed by atoms with E-state index in [1.165, 1.54) is 22.8 Å². The van der Waals surface area contributed by atoms with E-state index in [2.05, 4.69) is 9.71 Å². The minimum atomic E-state index is -3.56. The van der Waals surface area contributed by atoms with Crippen LogP contribution in [0.2, 0.25) is 5.02 Å². The Balaban J connectivity index is 1.53. The summed E-state index contributed by atoms with van der Waals surface area (Å²) < 4.78 is 53.9. The molecule has 1 aliphatic rings. The average Bonchev–Trinajstić information content (AvgIpc) is 2.69. The van der Waals surface area contributed by atoms with Crippen LogP contribution in [0.15, 0.2) is 53.7 Å². The highest BCUT2D eigenvalue weighted by atomic mass is 35.5. The van der Waals surface area contributed by atoms with Crippen LogP contribution in [0, 0.1) is 5.92 Å². The fourth-order valence-electron chi connectivity index (χ4n) is 3.12. The fraction of sp³-hybridized carbons (Fsp3) is 0.389. The van der Waals surface area contributed by atoms with Gasteiger partial charge in [0, 0.05) is 37.1 Å². The van der Waals surface area contributed by atoms with Crippen molar-refractivity contribution in [2.45, 2.75) is 23.5 Å². The number of rotatable bonds is 7. The molecule has 0 atom stereocenters. The summed E-state index contributed by atoms with van der Waals surface area (Å²) in [5.74, 6) is -0.0951. The molecule has 7 nitrogen and oxygen atoms in total.